The van der Waals surface area contributed by atoms with E-state index in [0.717, 1.165) is 24.2 Å². The molecule has 2 amide bonds. The maximum Gasteiger partial charge on any atom is 0.248 e. The van der Waals surface area contributed by atoms with E-state index in [1.54, 1.807) is 0 Å². The maximum atomic E-state index is 13.6. The molecule has 1 aromatic rings. The summed E-state index contributed by atoms with van der Waals surface area (Å²) < 4.78 is 13.6. The first-order valence-electron chi connectivity index (χ1n) is 5.91. The zero-order valence-electron chi connectivity index (χ0n) is 10.6. The number of hydrogen-bond donors (Lipinski definition) is 2. The number of carbonyl (C=O) groups is 2. The molecule has 1 rings (SSSR count). The molecule has 0 aliphatic rings. The summed E-state index contributed by atoms with van der Waals surface area (Å²) in [5, 5.41) is 3.44. The lowest BCUT2D eigenvalue weighted by Gasteiger charge is -2.10. The topological polar surface area (TPSA) is 72.2 Å². The van der Waals surface area contributed by atoms with Gasteiger partial charge in [0.2, 0.25) is 11.8 Å². The molecule has 0 fully saturated rings. The van der Waals surface area contributed by atoms with Crippen LogP contribution < -0.4 is 11.1 Å². The Morgan fingerprint density at radius 2 is 2.05 bits per heavy atom. The van der Waals surface area contributed by atoms with Crippen molar-refractivity contribution in [3.63, 3.8) is 0 Å². The second-order valence-electron chi connectivity index (χ2n) is 4.19. The van der Waals surface area contributed by atoms with Gasteiger partial charge in [0.05, 0.1) is 0 Å². The summed E-state index contributed by atoms with van der Waals surface area (Å²) in [4.78, 5) is 22.7. The summed E-state index contributed by atoms with van der Waals surface area (Å²) in [6.45, 7) is 1.54. The lowest BCUT2D eigenvalue weighted by atomic mass is 10.1. The van der Waals surface area contributed by atoms with Gasteiger partial charge in [-0.15, -0.1) is 0 Å². The number of primary amides is 1. The highest BCUT2D eigenvalue weighted by atomic mass is 79.9. The van der Waals surface area contributed by atoms with Crippen LogP contribution in [0.1, 0.15) is 35.2 Å². The van der Waals surface area contributed by atoms with Gasteiger partial charge in [0.25, 0.3) is 0 Å². The average Bonchev–Trinajstić information content (AvgIpc) is 2.34. The number of hydrogen-bond acceptors (Lipinski definition) is 2. The highest BCUT2D eigenvalue weighted by Crippen LogP contribution is 2.21. The molecule has 0 radical (unpaired) electrons. The SMILES string of the molecule is Cc1c(F)cc(C(N)=O)cc1NC(=O)CCCCBr. The largest absolute Gasteiger partial charge is 0.366 e. The van der Waals surface area contributed by atoms with Gasteiger partial charge < -0.3 is 11.1 Å². The Morgan fingerprint density at radius 1 is 1.37 bits per heavy atom. The van der Waals surface area contributed by atoms with Gasteiger partial charge in [0.15, 0.2) is 0 Å². The lowest BCUT2D eigenvalue weighted by Crippen LogP contribution is -2.16. The highest BCUT2D eigenvalue weighted by Gasteiger charge is 2.12. The van der Waals surface area contributed by atoms with Crippen molar-refractivity contribution in [1.82, 2.24) is 0 Å². The van der Waals surface area contributed by atoms with Crippen LogP contribution in [-0.4, -0.2) is 17.1 Å². The Morgan fingerprint density at radius 3 is 2.63 bits per heavy atom. The second-order valence-corrected chi connectivity index (χ2v) is 4.98. The van der Waals surface area contributed by atoms with E-state index in [9.17, 15) is 14.0 Å². The summed E-state index contributed by atoms with van der Waals surface area (Å²) in [5.41, 5.74) is 5.73. The van der Waals surface area contributed by atoms with E-state index in [4.69, 9.17) is 5.73 Å². The van der Waals surface area contributed by atoms with Gasteiger partial charge in [-0.05, 0) is 31.9 Å². The molecule has 0 unspecified atom stereocenters. The molecule has 0 saturated carbocycles. The van der Waals surface area contributed by atoms with E-state index in [2.05, 4.69) is 21.2 Å². The van der Waals surface area contributed by atoms with Gasteiger partial charge in [0.1, 0.15) is 5.82 Å². The van der Waals surface area contributed by atoms with E-state index < -0.39 is 11.7 Å². The van der Waals surface area contributed by atoms with Crippen molar-refractivity contribution in [2.75, 3.05) is 10.6 Å². The van der Waals surface area contributed by atoms with Gasteiger partial charge in [-0.25, -0.2) is 4.39 Å². The van der Waals surface area contributed by atoms with Crippen LogP contribution in [0, 0.1) is 12.7 Å². The fourth-order valence-electron chi connectivity index (χ4n) is 1.54. The van der Waals surface area contributed by atoms with Gasteiger partial charge in [-0.3, -0.25) is 9.59 Å². The summed E-state index contributed by atoms with van der Waals surface area (Å²) in [5.74, 6) is -1.49. The van der Waals surface area contributed by atoms with Crippen molar-refractivity contribution in [2.45, 2.75) is 26.2 Å². The van der Waals surface area contributed by atoms with Crippen LogP contribution in [0.25, 0.3) is 0 Å². The van der Waals surface area contributed by atoms with Crippen molar-refractivity contribution in [3.8, 4) is 0 Å². The number of carbonyl (C=O) groups excluding carboxylic acids is 2. The van der Waals surface area contributed by atoms with Gasteiger partial charge in [-0.1, -0.05) is 15.9 Å². The number of halogens is 2. The molecule has 3 N–H and O–H groups in total. The number of benzene rings is 1. The lowest BCUT2D eigenvalue weighted by molar-refractivity contribution is -0.116. The molecular formula is C13H16BrFN2O2. The number of unbranched alkanes of at least 4 members (excludes halogenated alkanes) is 1. The van der Waals surface area contributed by atoms with Crippen molar-refractivity contribution in [2.24, 2.45) is 5.73 Å². The number of amides is 2. The van der Waals surface area contributed by atoms with Crippen molar-refractivity contribution < 1.29 is 14.0 Å². The molecule has 0 spiro atoms. The number of nitrogens with one attached hydrogen (secondary N) is 1. The fourth-order valence-corrected chi connectivity index (χ4v) is 1.94. The Balaban J connectivity index is 2.82. The quantitative estimate of drug-likeness (QED) is 0.621. The molecule has 0 heterocycles. The Bertz CT molecular complexity index is 492. The molecule has 0 aromatic heterocycles. The summed E-state index contributed by atoms with van der Waals surface area (Å²) in [7, 11) is 0. The third-order valence-electron chi connectivity index (χ3n) is 2.69. The minimum absolute atomic E-state index is 0.0406. The standard InChI is InChI=1S/C13H16BrFN2O2/c1-8-10(15)6-9(13(16)19)7-11(8)17-12(18)4-2-3-5-14/h6-7H,2-5H2,1H3,(H2,16,19)(H,17,18). The highest BCUT2D eigenvalue weighted by molar-refractivity contribution is 9.09. The number of alkyl halides is 1. The molecule has 104 valence electrons. The number of rotatable bonds is 6. The van der Waals surface area contributed by atoms with E-state index >= 15 is 0 Å². The van der Waals surface area contributed by atoms with Crippen molar-refractivity contribution in [1.29, 1.82) is 0 Å². The van der Waals surface area contributed by atoms with Crippen LogP contribution in [0.4, 0.5) is 10.1 Å². The van der Waals surface area contributed by atoms with E-state index in [1.165, 1.54) is 13.0 Å². The predicted molar refractivity (Wildman–Crippen MR) is 75.9 cm³/mol. The van der Waals surface area contributed by atoms with E-state index in [-0.39, 0.29) is 17.2 Å². The monoisotopic (exact) mass is 330 g/mol. The average molecular weight is 331 g/mol. The van der Waals surface area contributed by atoms with E-state index in [0.29, 0.717) is 12.0 Å². The third-order valence-corrected chi connectivity index (χ3v) is 3.25. The predicted octanol–water partition coefficient (Wildman–Crippen LogP) is 2.74. The number of anilines is 1. The van der Waals surface area contributed by atoms with Crippen LogP contribution in [0.3, 0.4) is 0 Å². The molecule has 0 bridgehead atoms. The Labute approximate surface area is 119 Å². The Hall–Kier alpha value is -1.43. The maximum absolute atomic E-state index is 13.6. The van der Waals surface area contributed by atoms with Crippen LogP contribution >= 0.6 is 15.9 Å². The van der Waals surface area contributed by atoms with E-state index in [1.807, 2.05) is 0 Å². The molecule has 0 aliphatic heterocycles. The zero-order valence-corrected chi connectivity index (χ0v) is 12.2. The van der Waals surface area contributed by atoms with Crippen LogP contribution in [0.2, 0.25) is 0 Å². The molecule has 19 heavy (non-hydrogen) atoms. The molecule has 1 aromatic carbocycles. The first-order chi connectivity index (χ1) is 8.95. The second kappa shape index (κ2) is 7.23. The first kappa shape index (κ1) is 15.6. The van der Waals surface area contributed by atoms with Gasteiger partial charge in [0, 0.05) is 28.6 Å². The fraction of sp³-hybridized carbons (Fsp3) is 0.385. The third kappa shape index (κ3) is 4.63. The zero-order chi connectivity index (χ0) is 14.4. The molecule has 4 nitrogen and oxygen atoms in total. The number of nitrogens with two attached hydrogens (primary N) is 1. The molecule has 0 saturated heterocycles. The van der Waals surface area contributed by atoms with Crippen LogP contribution in [0.5, 0.6) is 0 Å². The van der Waals surface area contributed by atoms with Crippen LogP contribution in [0.15, 0.2) is 12.1 Å². The molecule has 0 atom stereocenters. The molecule has 6 heteroatoms. The minimum atomic E-state index is -0.728. The first-order valence-corrected chi connectivity index (χ1v) is 7.03. The minimum Gasteiger partial charge on any atom is -0.366 e. The smallest absolute Gasteiger partial charge is 0.248 e. The molecular weight excluding hydrogens is 315 g/mol. The summed E-state index contributed by atoms with van der Waals surface area (Å²) in [6.07, 6.45) is 1.99. The van der Waals surface area contributed by atoms with Gasteiger partial charge in [-0.2, -0.15) is 0 Å². The normalized spacial score (nSPS) is 10.3. The van der Waals surface area contributed by atoms with Crippen LogP contribution in [-0.2, 0) is 4.79 Å². The summed E-state index contributed by atoms with van der Waals surface area (Å²) in [6, 6.07) is 2.46. The van der Waals surface area contributed by atoms with Crippen molar-refractivity contribution >= 4 is 33.4 Å². The molecule has 0 aliphatic carbocycles. The van der Waals surface area contributed by atoms with Gasteiger partial charge >= 0.3 is 0 Å². The summed E-state index contributed by atoms with van der Waals surface area (Å²) >= 11 is 3.28. The van der Waals surface area contributed by atoms with Crippen molar-refractivity contribution in [3.05, 3.63) is 29.1 Å². The Kier molecular flexibility index (Phi) is 5.95.